The molecular weight excluding hydrogens is 493 g/mol. The lowest BCUT2D eigenvalue weighted by Gasteiger charge is -2.31. The van der Waals surface area contributed by atoms with Gasteiger partial charge in [0.05, 0.1) is 5.69 Å². The monoisotopic (exact) mass is 517 g/mol. The van der Waals surface area contributed by atoms with Crippen LogP contribution in [0.2, 0.25) is 5.02 Å². The lowest BCUT2D eigenvalue weighted by Crippen LogP contribution is -2.44. The lowest BCUT2D eigenvalue weighted by atomic mass is 10.0. The number of nitrogens with one attached hydrogen (secondary N) is 1. The summed E-state index contributed by atoms with van der Waals surface area (Å²) in [7, 11) is 0. The van der Waals surface area contributed by atoms with E-state index < -0.39 is 29.6 Å². The topological polar surface area (TPSA) is 131 Å². The van der Waals surface area contributed by atoms with Crippen molar-refractivity contribution in [2.24, 2.45) is 11.7 Å². The third-order valence-corrected chi connectivity index (χ3v) is 6.28. The van der Waals surface area contributed by atoms with E-state index >= 15 is 0 Å². The highest BCUT2D eigenvalue weighted by molar-refractivity contribution is 7.09. The molecule has 0 unspecified atom stereocenters. The highest BCUT2D eigenvalue weighted by Crippen LogP contribution is 2.33. The number of halogens is 2. The Morgan fingerprint density at radius 1 is 1.17 bits per heavy atom. The van der Waals surface area contributed by atoms with E-state index in [9.17, 15) is 18.8 Å². The van der Waals surface area contributed by atoms with Gasteiger partial charge in [-0.2, -0.15) is 4.37 Å². The summed E-state index contributed by atoms with van der Waals surface area (Å²) in [6, 6.07) is 10.5. The van der Waals surface area contributed by atoms with Crippen LogP contribution in [0, 0.1) is 11.7 Å². The molecule has 0 saturated carbocycles. The van der Waals surface area contributed by atoms with Crippen LogP contribution in [0.5, 0.6) is 0 Å². The number of rotatable bonds is 9. The van der Waals surface area contributed by atoms with Crippen molar-refractivity contribution in [1.29, 1.82) is 0 Å². The SMILES string of the molecule is CC(C)CCNC(=O)[C@@H](c1ccc(Cl)cc1)N(C(=O)c1snc(C(N)=O)c1N)c1cccc(F)c1. The zero-order valence-electron chi connectivity index (χ0n) is 19.1. The molecule has 0 fully saturated rings. The second kappa shape index (κ2) is 11.3. The summed E-state index contributed by atoms with van der Waals surface area (Å²) in [6.45, 7) is 4.42. The van der Waals surface area contributed by atoms with Gasteiger partial charge in [0.15, 0.2) is 5.69 Å². The molecule has 3 amide bonds. The van der Waals surface area contributed by atoms with Crippen LogP contribution < -0.4 is 21.7 Å². The average Bonchev–Trinajstić information content (AvgIpc) is 3.19. The molecule has 184 valence electrons. The number of primary amides is 1. The fourth-order valence-electron chi connectivity index (χ4n) is 3.39. The van der Waals surface area contributed by atoms with Gasteiger partial charge >= 0.3 is 0 Å². The fraction of sp³-hybridized carbons (Fsp3) is 0.250. The van der Waals surface area contributed by atoms with E-state index in [2.05, 4.69) is 9.69 Å². The van der Waals surface area contributed by atoms with Crippen LogP contribution >= 0.6 is 23.1 Å². The Morgan fingerprint density at radius 3 is 2.43 bits per heavy atom. The van der Waals surface area contributed by atoms with E-state index in [-0.39, 0.29) is 21.9 Å². The van der Waals surface area contributed by atoms with Gasteiger partial charge in [0.25, 0.3) is 11.8 Å². The molecule has 0 saturated heterocycles. The van der Waals surface area contributed by atoms with Gasteiger partial charge in [-0.25, -0.2) is 4.39 Å². The van der Waals surface area contributed by atoms with Gasteiger partial charge in [0.2, 0.25) is 5.91 Å². The maximum Gasteiger partial charge on any atom is 0.273 e. The Kier molecular flexibility index (Phi) is 8.42. The summed E-state index contributed by atoms with van der Waals surface area (Å²) < 4.78 is 18.1. The molecule has 0 aliphatic heterocycles. The van der Waals surface area contributed by atoms with E-state index in [1.54, 1.807) is 24.3 Å². The number of hydrogen-bond acceptors (Lipinski definition) is 6. The maximum absolute atomic E-state index is 14.2. The van der Waals surface area contributed by atoms with Gasteiger partial charge in [-0.05, 0) is 59.8 Å². The molecule has 0 bridgehead atoms. The molecule has 1 heterocycles. The number of hydrogen-bond donors (Lipinski definition) is 3. The molecule has 35 heavy (non-hydrogen) atoms. The van der Waals surface area contributed by atoms with Crippen LogP contribution in [-0.2, 0) is 4.79 Å². The van der Waals surface area contributed by atoms with Gasteiger partial charge in [-0.1, -0.05) is 43.6 Å². The van der Waals surface area contributed by atoms with E-state index in [0.29, 0.717) is 34.6 Å². The second-order valence-electron chi connectivity index (χ2n) is 8.22. The number of nitrogens with two attached hydrogens (primary N) is 2. The first-order valence-electron chi connectivity index (χ1n) is 10.8. The van der Waals surface area contributed by atoms with Crippen LogP contribution in [0.15, 0.2) is 48.5 Å². The van der Waals surface area contributed by atoms with E-state index in [0.717, 1.165) is 17.4 Å². The largest absolute Gasteiger partial charge is 0.395 e. The molecular formula is C24H25ClFN5O3S. The molecule has 3 aromatic rings. The van der Waals surface area contributed by atoms with Crippen LogP contribution in [-0.4, -0.2) is 28.6 Å². The van der Waals surface area contributed by atoms with E-state index in [1.165, 1.54) is 18.2 Å². The quantitative estimate of drug-likeness (QED) is 0.392. The van der Waals surface area contributed by atoms with Gasteiger partial charge in [0, 0.05) is 17.3 Å². The molecule has 8 nitrogen and oxygen atoms in total. The highest BCUT2D eigenvalue weighted by Gasteiger charge is 2.36. The molecule has 3 rings (SSSR count). The minimum Gasteiger partial charge on any atom is -0.395 e. The minimum atomic E-state index is -1.20. The Labute approximate surface area is 211 Å². The third kappa shape index (κ3) is 6.14. The first-order chi connectivity index (χ1) is 16.6. The number of anilines is 2. The standard InChI is InChI=1S/C24H25ClFN5O3S/c1-13(2)10-11-29-23(33)20(14-6-8-15(25)9-7-14)31(17-5-3-4-16(26)12-17)24(34)21-18(27)19(22(28)32)30-35-21/h3-9,12-13,20H,10-11,27H2,1-2H3,(H2,28,32)(H,29,33)/t20-/m1/s1. The van der Waals surface area contributed by atoms with Crippen molar-refractivity contribution in [2.75, 3.05) is 17.2 Å². The van der Waals surface area contributed by atoms with Crippen molar-refractivity contribution >= 4 is 52.2 Å². The van der Waals surface area contributed by atoms with Gasteiger partial charge in [-0.15, -0.1) is 0 Å². The number of amides is 3. The smallest absolute Gasteiger partial charge is 0.273 e. The van der Waals surface area contributed by atoms with Crippen molar-refractivity contribution in [2.45, 2.75) is 26.3 Å². The van der Waals surface area contributed by atoms with Gasteiger partial charge in [0.1, 0.15) is 16.7 Å². The van der Waals surface area contributed by atoms with Crippen molar-refractivity contribution in [3.8, 4) is 0 Å². The summed E-state index contributed by atoms with van der Waals surface area (Å²) in [5.41, 5.74) is 11.4. The summed E-state index contributed by atoms with van der Waals surface area (Å²) in [5, 5.41) is 3.30. The van der Waals surface area contributed by atoms with Gasteiger partial charge < -0.3 is 16.8 Å². The minimum absolute atomic E-state index is 0.1000. The molecule has 0 radical (unpaired) electrons. The second-order valence-corrected chi connectivity index (χ2v) is 9.43. The normalized spacial score (nSPS) is 11.8. The summed E-state index contributed by atoms with van der Waals surface area (Å²) in [5.74, 6) is -2.38. The number of nitrogens with zero attached hydrogens (tertiary/aromatic N) is 2. The predicted molar refractivity (Wildman–Crippen MR) is 135 cm³/mol. The summed E-state index contributed by atoms with van der Waals surface area (Å²) in [4.78, 5) is 40.0. The van der Waals surface area contributed by atoms with Crippen LogP contribution in [0.1, 0.15) is 52.0 Å². The van der Waals surface area contributed by atoms with Gasteiger partial charge in [-0.3, -0.25) is 19.3 Å². The Hall–Kier alpha value is -3.50. The predicted octanol–water partition coefficient (Wildman–Crippen LogP) is 4.17. The Morgan fingerprint density at radius 2 is 1.86 bits per heavy atom. The molecule has 0 aliphatic rings. The number of benzene rings is 2. The molecule has 11 heteroatoms. The lowest BCUT2D eigenvalue weighted by molar-refractivity contribution is -0.122. The first-order valence-corrected chi connectivity index (χ1v) is 11.9. The summed E-state index contributed by atoms with van der Waals surface area (Å²) in [6.07, 6.45) is 0.719. The van der Waals surface area contributed by atoms with E-state index in [4.69, 9.17) is 23.1 Å². The Balaban J connectivity index is 2.16. The number of carbonyl (C=O) groups excluding carboxylic acids is 3. The van der Waals surface area contributed by atoms with Crippen LogP contribution in [0.3, 0.4) is 0 Å². The van der Waals surface area contributed by atoms with Crippen LogP contribution in [0.25, 0.3) is 0 Å². The van der Waals surface area contributed by atoms with Crippen molar-refractivity contribution < 1.29 is 18.8 Å². The van der Waals surface area contributed by atoms with Crippen molar-refractivity contribution in [1.82, 2.24) is 9.69 Å². The molecule has 1 atom stereocenters. The number of aromatic nitrogens is 1. The zero-order valence-corrected chi connectivity index (χ0v) is 20.7. The zero-order chi connectivity index (χ0) is 25.7. The van der Waals surface area contributed by atoms with Crippen molar-refractivity contribution in [3.05, 3.63) is 75.5 Å². The molecule has 1 aromatic heterocycles. The number of nitrogen functional groups attached to an aromatic ring is 1. The van der Waals surface area contributed by atoms with Crippen molar-refractivity contribution in [3.63, 3.8) is 0 Å². The van der Waals surface area contributed by atoms with Crippen LogP contribution in [0.4, 0.5) is 15.8 Å². The molecule has 2 aromatic carbocycles. The third-order valence-electron chi connectivity index (χ3n) is 5.17. The first kappa shape index (κ1) is 26.1. The Bertz CT molecular complexity index is 1230. The molecule has 0 aliphatic carbocycles. The molecule has 0 spiro atoms. The average molecular weight is 518 g/mol. The number of carbonyl (C=O) groups is 3. The van der Waals surface area contributed by atoms with E-state index in [1.807, 2.05) is 13.8 Å². The highest BCUT2D eigenvalue weighted by atomic mass is 35.5. The summed E-state index contributed by atoms with van der Waals surface area (Å²) >= 11 is 6.72. The molecule has 5 N–H and O–H groups in total. The fourth-order valence-corrected chi connectivity index (χ4v) is 4.26. The maximum atomic E-state index is 14.2.